The monoisotopic (exact) mass is 553 g/mol. The molecule has 3 rings (SSSR count). The van der Waals surface area contributed by atoms with Gasteiger partial charge in [0.15, 0.2) is 0 Å². The largest absolute Gasteiger partial charge is 0.368 e. The number of allylic oxidation sites excluding steroid dienone is 3. The van der Waals surface area contributed by atoms with Crippen molar-refractivity contribution in [3.05, 3.63) is 99.4 Å². The molecular weight excluding hydrogens is 521 g/mol. The number of carbonyl (C=O) groups excluding carboxylic acids is 2. The number of benzene rings is 2. The third kappa shape index (κ3) is 7.40. The van der Waals surface area contributed by atoms with E-state index >= 15 is 0 Å². The number of rotatable bonds is 6. The zero-order chi connectivity index (χ0) is 26.3. The van der Waals surface area contributed by atoms with E-state index in [-0.39, 0.29) is 17.6 Å². The average Bonchev–Trinajstić information content (AvgIpc) is 2.93. The first-order valence-electron chi connectivity index (χ1n) is 12.0. The van der Waals surface area contributed by atoms with Crippen molar-refractivity contribution in [3.63, 3.8) is 0 Å². The second-order valence-electron chi connectivity index (χ2n) is 9.63. The van der Waals surface area contributed by atoms with Crippen LogP contribution in [0, 0.1) is 11.2 Å². The van der Waals surface area contributed by atoms with Crippen LogP contribution in [0.15, 0.2) is 76.9 Å². The molecule has 0 aliphatic carbocycles. The van der Waals surface area contributed by atoms with E-state index < -0.39 is 5.41 Å². The molecule has 1 heterocycles. The maximum atomic E-state index is 13.4. The predicted octanol–water partition coefficient (Wildman–Crippen LogP) is 6.19. The second-order valence-corrected chi connectivity index (χ2v) is 10.5. The summed E-state index contributed by atoms with van der Waals surface area (Å²) >= 11 is 3.48. The fourth-order valence-corrected chi connectivity index (χ4v) is 4.14. The molecule has 0 saturated carbocycles. The van der Waals surface area contributed by atoms with E-state index in [2.05, 4.69) is 44.5 Å². The molecule has 0 radical (unpaired) electrons. The van der Waals surface area contributed by atoms with Gasteiger partial charge in [-0.05, 0) is 70.7 Å². The van der Waals surface area contributed by atoms with Gasteiger partial charge in [0.25, 0.3) is 5.91 Å². The average molecular weight is 555 g/mol. The van der Waals surface area contributed by atoms with Crippen molar-refractivity contribution in [2.24, 2.45) is 5.41 Å². The van der Waals surface area contributed by atoms with Crippen molar-refractivity contribution < 1.29 is 14.0 Å². The highest BCUT2D eigenvalue weighted by molar-refractivity contribution is 9.10. The van der Waals surface area contributed by atoms with Crippen LogP contribution in [0.25, 0.3) is 5.70 Å². The molecule has 36 heavy (non-hydrogen) atoms. The number of carbonyl (C=O) groups is 2. The van der Waals surface area contributed by atoms with E-state index in [1.54, 1.807) is 18.2 Å². The molecule has 0 spiro atoms. The van der Waals surface area contributed by atoms with Gasteiger partial charge in [-0.2, -0.15) is 0 Å². The Bertz CT molecular complexity index is 1190. The predicted molar refractivity (Wildman–Crippen MR) is 146 cm³/mol. The Balaban J connectivity index is 1.76. The van der Waals surface area contributed by atoms with E-state index in [1.807, 2.05) is 51.1 Å². The van der Waals surface area contributed by atoms with Crippen molar-refractivity contribution in [1.29, 1.82) is 0 Å². The van der Waals surface area contributed by atoms with Gasteiger partial charge < -0.3 is 15.5 Å². The number of amides is 2. The van der Waals surface area contributed by atoms with E-state index in [1.165, 1.54) is 12.1 Å². The lowest BCUT2D eigenvalue weighted by Crippen LogP contribution is -2.34. The number of hydrogen-bond acceptors (Lipinski definition) is 3. The quantitative estimate of drug-likeness (QED) is 0.448. The molecule has 0 bridgehead atoms. The van der Waals surface area contributed by atoms with Crippen LogP contribution in [0.4, 0.5) is 4.39 Å². The fraction of sp³-hybridized carbons (Fsp3) is 0.310. The smallest absolute Gasteiger partial charge is 0.256 e. The molecule has 0 saturated heterocycles. The number of nitrogens with one attached hydrogen (secondary N) is 2. The third-order valence-corrected chi connectivity index (χ3v) is 6.49. The van der Waals surface area contributed by atoms with E-state index in [9.17, 15) is 14.0 Å². The molecule has 0 unspecified atom stereocenters. The van der Waals surface area contributed by atoms with Crippen LogP contribution in [-0.4, -0.2) is 29.8 Å². The van der Waals surface area contributed by atoms with Crippen molar-refractivity contribution in [2.75, 3.05) is 13.1 Å². The normalized spacial score (nSPS) is 18.0. The molecule has 2 aromatic rings. The molecule has 0 atom stereocenters. The van der Waals surface area contributed by atoms with Gasteiger partial charge in [-0.3, -0.25) is 9.59 Å². The van der Waals surface area contributed by atoms with Crippen LogP contribution in [0.1, 0.15) is 55.6 Å². The molecule has 1 aliphatic heterocycles. The standard InChI is InChI=1S/C29H33BrFN3O2/c1-5-34-17-7-9-23(8-6-10-26(34)21-12-14-22(31)15-13-21)33-27(35)24-18-20(11-16-25(24)30)19-32-28(36)29(2,3)4/h7-16,18H,5-6,17,19H2,1-4H3,(H,32,36)(H,33,35)/b9-7-,23-8+,26-10-. The number of nitrogens with zero attached hydrogens (tertiary/aromatic N) is 1. The number of hydrogen-bond donors (Lipinski definition) is 2. The minimum atomic E-state index is -0.482. The van der Waals surface area contributed by atoms with Crippen LogP contribution < -0.4 is 10.6 Å². The fourth-order valence-electron chi connectivity index (χ4n) is 3.72. The van der Waals surface area contributed by atoms with Crippen LogP contribution >= 0.6 is 15.9 Å². The van der Waals surface area contributed by atoms with E-state index in [4.69, 9.17) is 0 Å². The van der Waals surface area contributed by atoms with Crippen molar-refractivity contribution >= 4 is 33.4 Å². The Hall–Kier alpha value is -3.19. The van der Waals surface area contributed by atoms with Crippen LogP contribution in [0.3, 0.4) is 0 Å². The van der Waals surface area contributed by atoms with Gasteiger partial charge in [-0.15, -0.1) is 0 Å². The summed E-state index contributed by atoms with van der Waals surface area (Å²) < 4.78 is 14.1. The summed E-state index contributed by atoms with van der Waals surface area (Å²) in [6, 6.07) is 12.0. The lowest BCUT2D eigenvalue weighted by Gasteiger charge is -2.25. The molecule has 2 aromatic carbocycles. The van der Waals surface area contributed by atoms with Gasteiger partial charge >= 0.3 is 0 Å². The molecule has 2 amide bonds. The first-order chi connectivity index (χ1) is 17.1. The maximum absolute atomic E-state index is 13.4. The number of likely N-dealkylation sites (N-methyl/N-ethyl adjacent to an activating group) is 1. The van der Waals surface area contributed by atoms with Gasteiger partial charge in [0.2, 0.25) is 5.91 Å². The molecule has 2 N–H and O–H groups in total. The van der Waals surface area contributed by atoms with Gasteiger partial charge in [-0.1, -0.05) is 57.2 Å². The first-order valence-corrected chi connectivity index (χ1v) is 12.8. The summed E-state index contributed by atoms with van der Waals surface area (Å²) in [5.41, 5.74) is 3.52. The zero-order valence-electron chi connectivity index (χ0n) is 21.2. The Morgan fingerprint density at radius 2 is 1.81 bits per heavy atom. The summed E-state index contributed by atoms with van der Waals surface area (Å²) in [4.78, 5) is 27.6. The zero-order valence-corrected chi connectivity index (χ0v) is 22.8. The Kier molecular flexibility index (Phi) is 9.26. The molecule has 0 aromatic heterocycles. The molecule has 190 valence electrons. The van der Waals surface area contributed by atoms with Gasteiger partial charge in [0.05, 0.1) is 5.56 Å². The number of halogens is 2. The SMILES string of the molecule is CCN1C/C=C\C(NC(=O)c2cc(CNC(=O)C(C)(C)C)ccc2Br)=C/C/C=C\1c1ccc(F)cc1. The summed E-state index contributed by atoms with van der Waals surface area (Å²) in [6.45, 7) is 9.44. The van der Waals surface area contributed by atoms with E-state index in [0.29, 0.717) is 35.2 Å². The van der Waals surface area contributed by atoms with Crippen LogP contribution in [-0.2, 0) is 11.3 Å². The highest BCUT2D eigenvalue weighted by Crippen LogP contribution is 2.23. The lowest BCUT2D eigenvalue weighted by molar-refractivity contribution is -0.128. The highest BCUT2D eigenvalue weighted by Gasteiger charge is 2.21. The Labute approximate surface area is 221 Å². The Morgan fingerprint density at radius 3 is 2.47 bits per heavy atom. The summed E-state index contributed by atoms with van der Waals surface area (Å²) in [5, 5.41) is 5.92. The molecular formula is C29H33BrFN3O2. The van der Waals surface area contributed by atoms with Crippen LogP contribution in [0.2, 0.25) is 0 Å². The molecule has 5 nitrogen and oxygen atoms in total. The highest BCUT2D eigenvalue weighted by atomic mass is 79.9. The summed E-state index contributed by atoms with van der Waals surface area (Å²) in [6.07, 6.45) is 8.56. The molecule has 1 aliphatic rings. The van der Waals surface area contributed by atoms with Gasteiger partial charge in [0, 0.05) is 40.9 Å². The maximum Gasteiger partial charge on any atom is 0.256 e. The van der Waals surface area contributed by atoms with Crippen LogP contribution in [0.5, 0.6) is 0 Å². The molecule has 0 fully saturated rings. The van der Waals surface area contributed by atoms with Gasteiger partial charge in [-0.25, -0.2) is 4.39 Å². The minimum absolute atomic E-state index is 0.0496. The summed E-state index contributed by atoms with van der Waals surface area (Å²) in [5.74, 6) is -0.551. The third-order valence-electron chi connectivity index (χ3n) is 5.80. The van der Waals surface area contributed by atoms with Gasteiger partial charge in [0.1, 0.15) is 5.82 Å². The minimum Gasteiger partial charge on any atom is -0.368 e. The Morgan fingerprint density at radius 1 is 1.08 bits per heavy atom. The topological polar surface area (TPSA) is 61.4 Å². The van der Waals surface area contributed by atoms with E-state index in [0.717, 1.165) is 23.4 Å². The summed E-state index contributed by atoms with van der Waals surface area (Å²) in [7, 11) is 0. The van der Waals surface area contributed by atoms with Crippen molar-refractivity contribution in [3.8, 4) is 0 Å². The first kappa shape index (κ1) is 27.4. The second kappa shape index (κ2) is 12.2. The lowest BCUT2D eigenvalue weighted by atomic mass is 9.95. The van der Waals surface area contributed by atoms with Crippen molar-refractivity contribution in [1.82, 2.24) is 15.5 Å². The van der Waals surface area contributed by atoms with Crippen molar-refractivity contribution in [2.45, 2.75) is 40.7 Å². The molecule has 7 heteroatoms.